The van der Waals surface area contributed by atoms with Crippen LogP contribution in [0.25, 0.3) is 11.0 Å². The Morgan fingerprint density at radius 3 is 2.32 bits per heavy atom. The first kappa shape index (κ1) is 23.2. The van der Waals surface area contributed by atoms with Gasteiger partial charge in [0.2, 0.25) is 11.2 Å². The van der Waals surface area contributed by atoms with Crippen LogP contribution in [0, 0.1) is 0 Å². The quantitative estimate of drug-likeness (QED) is 0.235. The summed E-state index contributed by atoms with van der Waals surface area (Å²) in [5, 5.41) is 0.216. The van der Waals surface area contributed by atoms with E-state index in [1.807, 2.05) is 0 Å². The predicted octanol–water partition coefficient (Wildman–Crippen LogP) is 6.49. The van der Waals surface area contributed by atoms with Crippen molar-refractivity contribution < 1.29 is 36.6 Å². The van der Waals surface area contributed by atoms with Crippen LogP contribution in [0.5, 0.6) is 23.0 Å². The molecule has 0 aliphatic heterocycles. The maximum atomic E-state index is 13.7. The second-order valence-electron chi connectivity index (χ2n) is 6.92. The molecule has 10 heteroatoms. The lowest BCUT2D eigenvalue weighted by molar-refractivity contribution is -0.154. The van der Waals surface area contributed by atoms with Crippen LogP contribution >= 0.6 is 11.6 Å². The van der Waals surface area contributed by atoms with Gasteiger partial charge in [-0.05, 0) is 48.5 Å². The molecular formula is C24H14ClF3O6. The highest BCUT2D eigenvalue weighted by Crippen LogP contribution is 2.39. The highest BCUT2D eigenvalue weighted by molar-refractivity contribution is 6.30. The van der Waals surface area contributed by atoms with Gasteiger partial charge in [-0.25, -0.2) is 4.79 Å². The average Bonchev–Trinajstić information content (AvgIpc) is 2.80. The molecule has 0 saturated heterocycles. The van der Waals surface area contributed by atoms with E-state index < -0.39 is 34.7 Å². The summed E-state index contributed by atoms with van der Waals surface area (Å²) in [4.78, 5) is 25.2. The molecule has 0 aliphatic rings. The minimum atomic E-state index is -5.04. The minimum Gasteiger partial charge on any atom is -0.497 e. The number of methoxy groups -OCH3 is 1. The molecule has 1 heterocycles. The van der Waals surface area contributed by atoms with Crippen LogP contribution in [0.15, 0.2) is 75.9 Å². The summed E-state index contributed by atoms with van der Waals surface area (Å²) in [5.74, 6) is -3.28. The van der Waals surface area contributed by atoms with Crippen molar-refractivity contribution in [1.82, 2.24) is 0 Å². The Hall–Kier alpha value is -3.98. The van der Waals surface area contributed by atoms with Crippen molar-refractivity contribution >= 4 is 28.5 Å². The van der Waals surface area contributed by atoms with Gasteiger partial charge in [0, 0.05) is 17.2 Å². The van der Waals surface area contributed by atoms with Crippen LogP contribution in [-0.2, 0) is 6.18 Å². The SMILES string of the molecule is COc1cccc(Oc2c(C(F)(F)F)oc3cc(OC(=O)c4ccc(Cl)cc4)ccc3c2=O)c1. The highest BCUT2D eigenvalue weighted by atomic mass is 35.5. The van der Waals surface area contributed by atoms with Gasteiger partial charge in [-0.3, -0.25) is 4.79 Å². The van der Waals surface area contributed by atoms with Gasteiger partial charge in [-0.2, -0.15) is 13.2 Å². The molecular weight excluding hydrogens is 477 g/mol. The lowest BCUT2D eigenvalue weighted by Gasteiger charge is -2.14. The van der Waals surface area contributed by atoms with E-state index in [-0.39, 0.29) is 22.4 Å². The van der Waals surface area contributed by atoms with Crippen molar-refractivity contribution in [3.05, 3.63) is 93.3 Å². The second kappa shape index (κ2) is 9.11. The first-order valence-electron chi connectivity index (χ1n) is 9.63. The van der Waals surface area contributed by atoms with E-state index in [4.69, 9.17) is 30.2 Å². The van der Waals surface area contributed by atoms with Gasteiger partial charge in [-0.1, -0.05) is 17.7 Å². The second-order valence-corrected chi connectivity index (χ2v) is 7.36. The minimum absolute atomic E-state index is 0.0509. The Kier molecular flexibility index (Phi) is 6.21. The van der Waals surface area contributed by atoms with Crippen molar-refractivity contribution in [2.24, 2.45) is 0 Å². The number of alkyl halides is 3. The largest absolute Gasteiger partial charge is 0.497 e. The van der Waals surface area contributed by atoms with Gasteiger partial charge in [0.15, 0.2) is 0 Å². The van der Waals surface area contributed by atoms with Gasteiger partial charge in [0.1, 0.15) is 22.8 Å². The predicted molar refractivity (Wildman–Crippen MR) is 117 cm³/mol. The number of halogens is 4. The smallest absolute Gasteiger partial charge is 0.453 e. The molecule has 1 aromatic heterocycles. The van der Waals surface area contributed by atoms with Crippen LogP contribution in [0.2, 0.25) is 5.02 Å². The summed E-state index contributed by atoms with van der Waals surface area (Å²) >= 11 is 5.78. The van der Waals surface area contributed by atoms with E-state index >= 15 is 0 Å². The zero-order chi connectivity index (χ0) is 24.5. The Bertz CT molecular complexity index is 1430. The van der Waals surface area contributed by atoms with Gasteiger partial charge in [-0.15, -0.1) is 0 Å². The molecule has 4 rings (SSSR count). The summed E-state index contributed by atoms with van der Waals surface area (Å²) < 4.78 is 61.7. The third-order valence-electron chi connectivity index (χ3n) is 4.63. The molecule has 174 valence electrons. The zero-order valence-electron chi connectivity index (χ0n) is 17.3. The molecule has 0 saturated carbocycles. The fourth-order valence-corrected chi connectivity index (χ4v) is 3.16. The molecule has 0 spiro atoms. The molecule has 0 aliphatic carbocycles. The molecule has 0 atom stereocenters. The molecule has 4 aromatic rings. The number of fused-ring (bicyclic) bond motifs is 1. The first-order chi connectivity index (χ1) is 16.2. The summed E-state index contributed by atoms with van der Waals surface area (Å²) in [6.45, 7) is 0. The molecule has 0 amide bonds. The van der Waals surface area contributed by atoms with Crippen LogP contribution in [-0.4, -0.2) is 13.1 Å². The fourth-order valence-electron chi connectivity index (χ4n) is 3.03. The molecule has 34 heavy (non-hydrogen) atoms. The van der Waals surface area contributed by atoms with Crippen LogP contribution < -0.4 is 19.6 Å². The maximum Gasteiger partial charge on any atom is 0.453 e. The third kappa shape index (κ3) is 4.84. The Balaban J connectivity index is 1.74. The summed E-state index contributed by atoms with van der Waals surface area (Å²) in [6.07, 6.45) is -5.04. The van der Waals surface area contributed by atoms with Crippen molar-refractivity contribution in [3.8, 4) is 23.0 Å². The van der Waals surface area contributed by atoms with Crippen molar-refractivity contribution in [1.29, 1.82) is 0 Å². The Morgan fingerprint density at radius 1 is 0.941 bits per heavy atom. The first-order valence-corrected chi connectivity index (χ1v) is 10.0. The molecule has 6 nitrogen and oxygen atoms in total. The molecule has 0 N–H and O–H groups in total. The van der Waals surface area contributed by atoms with Gasteiger partial charge >= 0.3 is 12.1 Å². The zero-order valence-corrected chi connectivity index (χ0v) is 18.1. The highest BCUT2D eigenvalue weighted by Gasteiger charge is 2.40. The average molecular weight is 491 g/mol. The standard InChI is InChI=1S/C24H14ClF3O6/c1-31-15-3-2-4-16(11-15)32-21-20(29)18-10-9-17(12-19(18)34-22(21)24(26,27)28)33-23(30)13-5-7-14(25)8-6-13/h2-12H,1H3. The number of hydrogen-bond acceptors (Lipinski definition) is 6. The van der Waals surface area contributed by atoms with E-state index in [1.54, 1.807) is 6.07 Å². The van der Waals surface area contributed by atoms with E-state index in [0.717, 1.165) is 6.07 Å². The third-order valence-corrected chi connectivity index (χ3v) is 4.88. The van der Waals surface area contributed by atoms with Crippen LogP contribution in [0.4, 0.5) is 13.2 Å². The topological polar surface area (TPSA) is 75.0 Å². The van der Waals surface area contributed by atoms with Crippen molar-refractivity contribution in [3.63, 3.8) is 0 Å². The molecule has 3 aromatic carbocycles. The number of rotatable bonds is 5. The number of ether oxygens (including phenoxy) is 3. The van der Waals surface area contributed by atoms with Gasteiger partial charge in [0.05, 0.1) is 18.1 Å². The van der Waals surface area contributed by atoms with E-state index in [1.165, 1.54) is 61.7 Å². The Morgan fingerprint density at radius 2 is 1.65 bits per heavy atom. The van der Waals surface area contributed by atoms with Gasteiger partial charge in [0.25, 0.3) is 5.76 Å². The monoisotopic (exact) mass is 490 g/mol. The number of esters is 1. The van der Waals surface area contributed by atoms with Gasteiger partial charge < -0.3 is 18.6 Å². The van der Waals surface area contributed by atoms with Crippen LogP contribution in [0.3, 0.4) is 0 Å². The molecule has 0 bridgehead atoms. The lowest BCUT2D eigenvalue weighted by Crippen LogP contribution is -2.15. The maximum absolute atomic E-state index is 13.7. The molecule has 0 radical (unpaired) electrons. The summed E-state index contributed by atoms with van der Waals surface area (Å²) in [6, 6.07) is 15.0. The number of carbonyl (C=O) groups excluding carboxylic acids is 1. The van der Waals surface area contributed by atoms with Crippen LogP contribution in [0.1, 0.15) is 16.1 Å². The number of hydrogen-bond donors (Lipinski definition) is 0. The fraction of sp³-hybridized carbons (Fsp3) is 0.0833. The van der Waals surface area contributed by atoms with Crippen molar-refractivity contribution in [2.75, 3.05) is 7.11 Å². The lowest BCUT2D eigenvalue weighted by atomic mass is 10.2. The number of benzene rings is 3. The van der Waals surface area contributed by atoms with E-state index in [9.17, 15) is 22.8 Å². The molecule has 0 fully saturated rings. The Labute approximate surface area is 195 Å². The molecule has 0 unspecified atom stereocenters. The summed E-state index contributed by atoms with van der Waals surface area (Å²) in [5.41, 5.74) is -1.31. The van der Waals surface area contributed by atoms with E-state index in [0.29, 0.717) is 10.8 Å². The van der Waals surface area contributed by atoms with Crippen molar-refractivity contribution in [2.45, 2.75) is 6.18 Å². The van der Waals surface area contributed by atoms with E-state index in [2.05, 4.69) is 0 Å². The number of carbonyl (C=O) groups is 1. The summed E-state index contributed by atoms with van der Waals surface area (Å²) in [7, 11) is 1.38. The normalized spacial score (nSPS) is 11.3.